The van der Waals surface area contributed by atoms with Gasteiger partial charge in [-0.3, -0.25) is 0 Å². The Balaban J connectivity index is 1.55. The van der Waals surface area contributed by atoms with Crippen LogP contribution >= 0.6 is 0 Å². The molecule has 0 spiro atoms. The molecule has 3 rings (SSSR count). The van der Waals surface area contributed by atoms with Crippen molar-refractivity contribution in [1.29, 1.82) is 0 Å². The van der Waals surface area contributed by atoms with Gasteiger partial charge in [0, 0.05) is 45.0 Å². The number of amides is 2. The molecule has 2 aromatic rings. The predicted octanol–water partition coefficient (Wildman–Crippen LogP) is 3.29. The van der Waals surface area contributed by atoms with Gasteiger partial charge in [-0.15, -0.1) is 10.2 Å². The molecule has 1 fully saturated rings. The van der Waals surface area contributed by atoms with E-state index in [-0.39, 0.29) is 6.03 Å². The van der Waals surface area contributed by atoms with Gasteiger partial charge in [-0.25, -0.2) is 4.79 Å². The van der Waals surface area contributed by atoms with Gasteiger partial charge in [0.15, 0.2) is 11.6 Å². The molecular weight excluding hydrogens is 352 g/mol. The highest BCUT2D eigenvalue weighted by Crippen LogP contribution is 2.18. The van der Waals surface area contributed by atoms with E-state index in [0.29, 0.717) is 13.1 Å². The summed E-state index contributed by atoms with van der Waals surface area (Å²) in [5.74, 6) is 1.77. The van der Waals surface area contributed by atoms with Crippen LogP contribution in [0.3, 0.4) is 0 Å². The van der Waals surface area contributed by atoms with Crippen molar-refractivity contribution in [2.45, 2.75) is 27.7 Å². The Kier molecular flexibility index (Phi) is 6.34. The molecule has 0 radical (unpaired) electrons. The van der Waals surface area contributed by atoms with E-state index in [1.54, 1.807) is 0 Å². The second kappa shape index (κ2) is 8.91. The van der Waals surface area contributed by atoms with Crippen LogP contribution in [0.4, 0.5) is 22.1 Å². The number of piperazine rings is 1. The number of rotatable bonds is 5. The highest BCUT2D eigenvalue weighted by molar-refractivity contribution is 5.89. The zero-order chi connectivity index (χ0) is 20.1. The zero-order valence-electron chi connectivity index (χ0n) is 17.3. The fourth-order valence-electron chi connectivity index (χ4n) is 3.36. The lowest BCUT2D eigenvalue weighted by Gasteiger charge is -2.35. The number of carbonyl (C=O) groups is 1. The van der Waals surface area contributed by atoms with E-state index >= 15 is 0 Å². The van der Waals surface area contributed by atoms with Crippen molar-refractivity contribution >= 4 is 23.4 Å². The monoisotopic (exact) mass is 382 g/mol. The van der Waals surface area contributed by atoms with Crippen LogP contribution in [0, 0.1) is 13.8 Å². The minimum absolute atomic E-state index is 0.0501. The fourth-order valence-corrected chi connectivity index (χ4v) is 3.36. The molecule has 1 N–H and O–H groups in total. The first kappa shape index (κ1) is 19.9. The second-order valence-corrected chi connectivity index (χ2v) is 7.13. The molecule has 150 valence electrons. The molecule has 0 atom stereocenters. The van der Waals surface area contributed by atoms with Gasteiger partial charge < -0.3 is 20.0 Å². The molecule has 7 nitrogen and oxygen atoms in total. The fraction of sp³-hybridized carbons (Fsp3) is 0.476. The molecule has 1 aliphatic heterocycles. The third-order valence-electron chi connectivity index (χ3n) is 5.37. The molecule has 1 saturated heterocycles. The van der Waals surface area contributed by atoms with E-state index in [9.17, 15) is 4.79 Å². The quantitative estimate of drug-likeness (QED) is 0.860. The van der Waals surface area contributed by atoms with Gasteiger partial charge in [-0.2, -0.15) is 0 Å². The van der Waals surface area contributed by atoms with Crippen molar-refractivity contribution in [3.05, 3.63) is 41.5 Å². The predicted molar refractivity (Wildman–Crippen MR) is 114 cm³/mol. The van der Waals surface area contributed by atoms with Gasteiger partial charge in [0.1, 0.15) is 0 Å². The standard InChI is InChI=1S/C21H30N6O/c1-5-25(6-2)19-9-10-20(24-23-19)26-11-13-27(14-12-26)21(28)22-18-8-7-16(3)17(4)15-18/h7-10,15H,5-6,11-14H2,1-4H3,(H,22,28). The molecule has 2 heterocycles. The van der Waals surface area contributed by atoms with Crippen LogP contribution in [0.15, 0.2) is 30.3 Å². The van der Waals surface area contributed by atoms with Gasteiger partial charge >= 0.3 is 6.03 Å². The summed E-state index contributed by atoms with van der Waals surface area (Å²) in [6, 6.07) is 9.98. The van der Waals surface area contributed by atoms with Crippen molar-refractivity contribution in [3.63, 3.8) is 0 Å². The molecular formula is C21H30N6O. The van der Waals surface area contributed by atoms with E-state index in [2.05, 4.69) is 53.0 Å². The van der Waals surface area contributed by atoms with E-state index in [4.69, 9.17) is 0 Å². The Morgan fingerprint density at radius 2 is 1.71 bits per heavy atom. The topological polar surface area (TPSA) is 64.6 Å². The number of aryl methyl sites for hydroxylation is 2. The number of hydrogen-bond donors (Lipinski definition) is 1. The average molecular weight is 383 g/mol. The van der Waals surface area contributed by atoms with E-state index < -0.39 is 0 Å². The summed E-state index contributed by atoms with van der Waals surface area (Å²) in [6.45, 7) is 13.0. The van der Waals surface area contributed by atoms with Gasteiger partial charge in [0.25, 0.3) is 0 Å². The molecule has 28 heavy (non-hydrogen) atoms. The summed E-state index contributed by atoms with van der Waals surface area (Å²) in [5.41, 5.74) is 3.24. The third kappa shape index (κ3) is 4.52. The minimum atomic E-state index is -0.0501. The average Bonchev–Trinajstić information content (AvgIpc) is 2.72. The maximum Gasteiger partial charge on any atom is 0.321 e. The van der Waals surface area contributed by atoms with E-state index in [0.717, 1.165) is 43.5 Å². The number of hydrogen-bond acceptors (Lipinski definition) is 5. The zero-order valence-corrected chi connectivity index (χ0v) is 17.3. The Morgan fingerprint density at radius 1 is 1.00 bits per heavy atom. The molecule has 0 unspecified atom stereocenters. The molecule has 7 heteroatoms. The number of anilines is 3. The number of nitrogens with zero attached hydrogens (tertiary/aromatic N) is 5. The second-order valence-electron chi connectivity index (χ2n) is 7.13. The van der Waals surface area contributed by atoms with Crippen molar-refractivity contribution < 1.29 is 4.79 Å². The lowest BCUT2D eigenvalue weighted by Crippen LogP contribution is -2.50. The van der Waals surface area contributed by atoms with Crippen LogP contribution in [0.5, 0.6) is 0 Å². The molecule has 2 amide bonds. The van der Waals surface area contributed by atoms with Gasteiger partial charge in [-0.1, -0.05) is 6.07 Å². The number of nitrogens with one attached hydrogen (secondary N) is 1. The smallest absolute Gasteiger partial charge is 0.321 e. The summed E-state index contributed by atoms with van der Waals surface area (Å²) in [5, 5.41) is 11.8. The lowest BCUT2D eigenvalue weighted by molar-refractivity contribution is 0.208. The molecule has 0 saturated carbocycles. The summed E-state index contributed by atoms with van der Waals surface area (Å²) >= 11 is 0. The van der Waals surface area contributed by atoms with E-state index in [1.807, 2.05) is 35.2 Å². The number of benzene rings is 1. The summed E-state index contributed by atoms with van der Waals surface area (Å²) < 4.78 is 0. The maximum absolute atomic E-state index is 12.6. The Morgan fingerprint density at radius 3 is 2.29 bits per heavy atom. The van der Waals surface area contributed by atoms with Gasteiger partial charge in [0.05, 0.1) is 0 Å². The normalized spacial score (nSPS) is 14.1. The Bertz CT molecular complexity index is 795. The van der Waals surface area contributed by atoms with Gasteiger partial charge in [-0.05, 0) is 63.1 Å². The third-order valence-corrected chi connectivity index (χ3v) is 5.37. The summed E-state index contributed by atoms with van der Waals surface area (Å²) in [6.07, 6.45) is 0. The first-order valence-corrected chi connectivity index (χ1v) is 9.98. The number of aromatic nitrogens is 2. The highest BCUT2D eigenvalue weighted by Gasteiger charge is 2.22. The van der Waals surface area contributed by atoms with Crippen LogP contribution in [-0.2, 0) is 0 Å². The van der Waals surface area contributed by atoms with Crippen LogP contribution in [0.25, 0.3) is 0 Å². The largest absolute Gasteiger partial charge is 0.356 e. The Hall–Kier alpha value is -2.83. The number of carbonyl (C=O) groups excluding carboxylic acids is 1. The van der Waals surface area contributed by atoms with Crippen molar-refractivity contribution in [1.82, 2.24) is 15.1 Å². The SMILES string of the molecule is CCN(CC)c1ccc(N2CCN(C(=O)Nc3ccc(C)c(C)c3)CC2)nn1. The molecule has 1 aromatic heterocycles. The number of urea groups is 1. The highest BCUT2D eigenvalue weighted by atomic mass is 16.2. The van der Waals surface area contributed by atoms with Crippen LogP contribution in [-0.4, -0.2) is 60.4 Å². The molecule has 1 aromatic carbocycles. The maximum atomic E-state index is 12.6. The van der Waals surface area contributed by atoms with Crippen LogP contribution in [0.1, 0.15) is 25.0 Å². The Labute approximate surface area is 167 Å². The molecule has 0 aliphatic carbocycles. The van der Waals surface area contributed by atoms with Crippen LogP contribution in [0.2, 0.25) is 0 Å². The first-order valence-electron chi connectivity index (χ1n) is 9.98. The van der Waals surface area contributed by atoms with Crippen molar-refractivity contribution in [2.75, 3.05) is 54.4 Å². The van der Waals surface area contributed by atoms with Crippen molar-refractivity contribution in [2.24, 2.45) is 0 Å². The van der Waals surface area contributed by atoms with Crippen molar-refractivity contribution in [3.8, 4) is 0 Å². The first-order chi connectivity index (χ1) is 13.5. The van der Waals surface area contributed by atoms with Crippen LogP contribution < -0.4 is 15.1 Å². The summed E-state index contributed by atoms with van der Waals surface area (Å²) in [4.78, 5) is 18.8. The lowest BCUT2D eigenvalue weighted by atomic mass is 10.1. The summed E-state index contributed by atoms with van der Waals surface area (Å²) in [7, 11) is 0. The molecule has 0 bridgehead atoms. The minimum Gasteiger partial charge on any atom is -0.356 e. The van der Waals surface area contributed by atoms with E-state index in [1.165, 1.54) is 11.1 Å². The van der Waals surface area contributed by atoms with Gasteiger partial charge in [0.2, 0.25) is 0 Å². The molecule has 1 aliphatic rings.